The van der Waals surface area contributed by atoms with E-state index in [1.54, 1.807) is 7.11 Å². The van der Waals surface area contributed by atoms with E-state index in [0.717, 1.165) is 36.9 Å². The Morgan fingerprint density at radius 3 is 2.48 bits per heavy atom. The van der Waals surface area contributed by atoms with Gasteiger partial charge in [0.05, 0.1) is 7.11 Å². The largest absolute Gasteiger partial charge is 1.00 e. The van der Waals surface area contributed by atoms with Crippen LogP contribution in [0, 0.1) is 5.92 Å². The minimum Gasteiger partial charge on any atom is -1.00 e. The Morgan fingerprint density at radius 1 is 1.07 bits per heavy atom. The van der Waals surface area contributed by atoms with Crippen LogP contribution in [-0.2, 0) is 6.42 Å². The van der Waals surface area contributed by atoms with Crippen molar-refractivity contribution in [1.82, 2.24) is 4.90 Å². The fraction of sp³-hybridized carbons (Fsp3) is 0.455. The molecular formula is C22H30ClNO3. The molecule has 1 aliphatic heterocycles. The minimum absolute atomic E-state index is 0. The normalized spacial score (nSPS) is 16.4. The fourth-order valence-corrected chi connectivity index (χ4v) is 3.55. The lowest BCUT2D eigenvalue weighted by Gasteiger charge is -2.33. The Labute approximate surface area is 170 Å². The summed E-state index contributed by atoms with van der Waals surface area (Å²) in [6, 6.07) is 18.2. The molecule has 27 heavy (non-hydrogen) atoms. The number of rotatable bonds is 8. The predicted octanol–water partition coefficient (Wildman–Crippen LogP) is 0.506. The molecule has 0 radical (unpaired) electrons. The van der Waals surface area contributed by atoms with Crippen LogP contribution in [0.4, 0.5) is 0 Å². The van der Waals surface area contributed by atoms with Gasteiger partial charge in [-0.05, 0) is 56.0 Å². The topological polar surface area (TPSA) is 41.9 Å². The first-order valence-electron chi connectivity index (χ1n) is 9.44. The Morgan fingerprint density at radius 2 is 1.78 bits per heavy atom. The lowest BCUT2D eigenvalue weighted by Crippen LogP contribution is -3.00. The van der Waals surface area contributed by atoms with Crippen molar-refractivity contribution >= 4 is 0 Å². The summed E-state index contributed by atoms with van der Waals surface area (Å²) in [5.41, 5.74) is 1.43. The molecule has 1 saturated heterocycles. The van der Waals surface area contributed by atoms with Crippen molar-refractivity contribution in [2.75, 3.05) is 33.4 Å². The van der Waals surface area contributed by atoms with Gasteiger partial charge in [-0.1, -0.05) is 36.4 Å². The van der Waals surface area contributed by atoms with Crippen LogP contribution in [-0.4, -0.2) is 49.5 Å². The highest BCUT2D eigenvalue weighted by Crippen LogP contribution is 2.22. The number of ether oxygens (including phenoxy) is 2. The molecule has 2 aromatic carbocycles. The number of likely N-dealkylation sites (tertiary alicyclic amines) is 1. The van der Waals surface area contributed by atoms with Gasteiger partial charge in [0, 0.05) is 12.6 Å². The van der Waals surface area contributed by atoms with Crippen molar-refractivity contribution in [3.8, 4) is 11.5 Å². The third kappa shape index (κ3) is 7.06. The standard InChI is InChI=1S/C22H29NO3.ClH/c1-25-21-8-5-9-22(15-21)26-17-20(24)16-23-12-10-19(11-13-23)14-18-6-3-2-4-7-18;/h2-9,15,19-20,24H,10-14,16-17H2,1H3;1H. The molecular weight excluding hydrogens is 362 g/mol. The van der Waals surface area contributed by atoms with Crippen molar-refractivity contribution in [1.29, 1.82) is 0 Å². The number of piperidine rings is 1. The number of halogens is 1. The predicted molar refractivity (Wildman–Crippen MR) is 105 cm³/mol. The zero-order valence-electron chi connectivity index (χ0n) is 16.9. The van der Waals surface area contributed by atoms with E-state index < -0.39 is 6.10 Å². The highest BCUT2D eigenvalue weighted by Gasteiger charge is 2.21. The Bertz CT molecular complexity index is 666. The second-order valence-corrected chi connectivity index (χ2v) is 7.08. The molecule has 0 spiro atoms. The molecule has 3 rings (SSSR count). The Balaban J connectivity index is 0.00000196. The lowest BCUT2D eigenvalue weighted by atomic mass is 9.90. The zero-order valence-corrected chi connectivity index (χ0v) is 16.6. The molecule has 1 aliphatic rings. The summed E-state index contributed by atoms with van der Waals surface area (Å²) in [5, 5.41) is 10.3. The van der Waals surface area contributed by atoms with Crippen LogP contribution >= 0.6 is 0 Å². The summed E-state index contributed by atoms with van der Waals surface area (Å²) in [7, 11) is 1.63. The van der Waals surface area contributed by atoms with Gasteiger partial charge in [-0.25, -0.2) is 0 Å². The average Bonchev–Trinajstić information content (AvgIpc) is 2.69. The second-order valence-electron chi connectivity index (χ2n) is 7.08. The van der Waals surface area contributed by atoms with Crippen LogP contribution in [0.1, 0.15) is 19.8 Å². The maximum Gasteiger partial charge on any atom is 1.00 e. The number of hydrogen-bond acceptors (Lipinski definition) is 4. The zero-order chi connectivity index (χ0) is 18.2. The highest BCUT2D eigenvalue weighted by atomic mass is 35.5. The van der Waals surface area contributed by atoms with Crippen LogP contribution in [0.3, 0.4) is 0 Å². The van der Waals surface area contributed by atoms with Crippen LogP contribution in [0.15, 0.2) is 54.6 Å². The molecule has 0 aliphatic carbocycles. The van der Waals surface area contributed by atoms with Crippen molar-refractivity contribution < 1.29 is 28.4 Å². The van der Waals surface area contributed by atoms with Gasteiger partial charge in [-0.15, -0.1) is 0 Å². The number of β-amino-alcohol motifs (C(OH)–C–C–N with tert-alkyl or cyclic N) is 1. The summed E-state index contributed by atoms with van der Waals surface area (Å²) < 4.78 is 10.9. The van der Waals surface area contributed by atoms with Gasteiger partial charge in [0.15, 0.2) is 0 Å². The second kappa shape index (κ2) is 11.2. The minimum atomic E-state index is -0.480. The Hall–Kier alpha value is -1.75. The number of benzene rings is 2. The smallest absolute Gasteiger partial charge is 1.00 e. The molecule has 4 nitrogen and oxygen atoms in total. The van der Waals surface area contributed by atoms with Gasteiger partial charge in [0.1, 0.15) is 24.2 Å². The van der Waals surface area contributed by atoms with Crippen molar-refractivity contribution in [3.05, 3.63) is 60.2 Å². The van der Waals surface area contributed by atoms with Crippen LogP contribution in [0.25, 0.3) is 0 Å². The van der Waals surface area contributed by atoms with Crippen LogP contribution < -0.4 is 21.9 Å². The first-order valence-corrected chi connectivity index (χ1v) is 9.44. The first kappa shape index (κ1) is 21.5. The van der Waals surface area contributed by atoms with E-state index in [-0.39, 0.29) is 13.8 Å². The van der Waals surface area contributed by atoms with E-state index in [1.807, 2.05) is 24.3 Å². The average molecular weight is 392 g/mol. The third-order valence-electron chi connectivity index (χ3n) is 5.03. The molecule has 1 fully saturated rings. The molecule has 1 N–H and O–H groups in total. The van der Waals surface area contributed by atoms with E-state index in [9.17, 15) is 5.11 Å². The number of hydrogen-bond donors (Lipinski definition) is 1. The highest BCUT2D eigenvalue weighted by molar-refractivity contribution is 5.32. The molecule has 0 aromatic heterocycles. The number of nitrogens with zero attached hydrogens (tertiary/aromatic N) is 1. The maximum atomic E-state index is 10.3. The van der Waals surface area contributed by atoms with Crippen molar-refractivity contribution in [2.45, 2.75) is 25.4 Å². The van der Waals surface area contributed by atoms with Gasteiger partial charge in [0.25, 0.3) is 0 Å². The van der Waals surface area contributed by atoms with Gasteiger partial charge in [-0.2, -0.15) is 0 Å². The van der Waals surface area contributed by atoms with E-state index in [0.29, 0.717) is 13.2 Å². The molecule has 1 unspecified atom stereocenters. The Kier molecular flexibility index (Phi) is 8.92. The maximum absolute atomic E-state index is 10.3. The van der Waals surface area contributed by atoms with E-state index >= 15 is 0 Å². The van der Waals surface area contributed by atoms with Gasteiger partial charge in [-0.3, -0.25) is 0 Å². The van der Waals surface area contributed by atoms with Crippen molar-refractivity contribution in [3.63, 3.8) is 0 Å². The fourth-order valence-electron chi connectivity index (χ4n) is 3.55. The molecule has 5 heteroatoms. The third-order valence-corrected chi connectivity index (χ3v) is 5.03. The quantitative estimate of drug-likeness (QED) is 0.712. The molecule has 0 bridgehead atoms. The molecule has 1 atom stereocenters. The van der Waals surface area contributed by atoms with Gasteiger partial charge >= 0.3 is 1.43 Å². The summed E-state index contributed by atoms with van der Waals surface area (Å²) >= 11 is 0. The lowest BCUT2D eigenvalue weighted by molar-refractivity contribution is -0.00000787. The summed E-state index contributed by atoms with van der Waals surface area (Å²) in [6.45, 7) is 3.07. The molecule has 0 amide bonds. The van der Waals surface area contributed by atoms with Crippen molar-refractivity contribution in [2.24, 2.45) is 5.92 Å². The van der Waals surface area contributed by atoms with Gasteiger partial charge in [0.2, 0.25) is 0 Å². The molecule has 148 valence electrons. The number of methoxy groups -OCH3 is 1. The molecule has 2 aromatic rings. The number of aliphatic hydroxyl groups is 1. The SMILES string of the molecule is COc1cccc(OCC(O)CN2CCC(Cc3ccccc3)CC2)c1.[Cl-].[H+]. The number of aliphatic hydroxyl groups excluding tert-OH is 1. The van der Waals surface area contributed by atoms with Gasteiger partial charge < -0.3 is 31.9 Å². The molecule has 1 heterocycles. The summed E-state index contributed by atoms with van der Waals surface area (Å²) in [4.78, 5) is 2.35. The van der Waals surface area contributed by atoms with E-state index in [4.69, 9.17) is 9.47 Å². The molecule has 0 saturated carbocycles. The first-order chi connectivity index (χ1) is 12.7. The van der Waals surface area contributed by atoms with E-state index in [2.05, 4.69) is 35.2 Å². The van der Waals surface area contributed by atoms with Crippen LogP contribution in [0.2, 0.25) is 0 Å². The summed E-state index contributed by atoms with van der Waals surface area (Å²) in [5.74, 6) is 2.24. The summed E-state index contributed by atoms with van der Waals surface area (Å²) in [6.07, 6.45) is 3.07. The van der Waals surface area contributed by atoms with Crippen LogP contribution in [0.5, 0.6) is 11.5 Å². The van der Waals surface area contributed by atoms with E-state index in [1.165, 1.54) is 18.4 Å². The monoisotopic (exact) mass is 391 g/mol.